The summed E-state index contributed by atoms with van der Waals surface area (Å²) in [5.74, 6) is -0.859. The van der Waals surface area contributed by atoms with E-state index in [-0.39, 0.29) is 0 Å². The Hall–Kier alpha value is -0.210. The number of hydrogen-bond donors (Lipinski definition) is 1. The van der Waals surface area contributed by atoms with Crippen molar-refractivity contribution in [3.8, 4) is 0 Å². The van der Waals surface area contributed by atoms with Gasteiger partial charge in [-0.2, -0.15) is 0 Å². The Labute approximate surface area is 128 Å². The van der Waals surface area contributed by atoms with E-state index in [4.69, 9.17) is 14.2 Å². The van der Waals surface area contributed by atoms with Crippen molar-refractivity contribution >= 4 is 22.6 Å². The predicted octanol–water partition coefficient (Wildman–Crippen LogP) is 2.79. The zero-order valence-electron chi connectivity index (χ0n) is 11.8. The lowest BCUT2D eigenvalue weighted by molar-refractivity contribution is -0.229. The van der Waals surface area contributed by atoms with Gasteiger partial charge in [-0.05, 0) is 41.6 Å². The third-order valence-corrected chi connectivity index (χ3v) is 4.12. The zero-order chi connectivity index (χ0) is 14.5. The smallest absolute Gasteiger partial charge is 0.195 e. The van der Waals surface area contributed by atoms with Gasteiger partial charge in [-0.3, -0.25) is 0 Å². The minimum absolute atomic E-state index is 0.433. The van der Waals surface area contributed by atoms with E-state index in [9.17, 15) is 5.11 Å². The molecule has 19 heavy (non-hydrogen) atoms. The summed E-state index contributed by atoms with van der Waals surface area (Å²) < 4.78 is 17.2. The quantitative estimate of drug-likeness (QED) is 0.584. The van der Waals surface area contributed by atoms with Crippen LogP contribution in [-0.2, 0) is 20.0 Å². The normalized spacial score (nSPS) is 13.6. The van der Waals surface area contributed by atoms with E-state index in [1.54, 1.807) is 14.2 Å². The molecule has 0 aliphatic heterocycles. The Morgan fingerprint density at radius 3 is 2.42 bits per heavy atom. The average Bonchev–Trinajstić information content (AvgIpc) is 2.43. The number of halogens is 1. The number of aliphatic hydroxyl groups is 1. The largest absolute Gasteiger partial charge is 0.368 e. The van der Waals surface area contributed by atoms with Crippen molar-refractivity contribution in [2.24, 2.45) is 0 Å². The van der Waals surface area contributed by atoms with E-state index in [0.717, 1.165) is 14.7 Å². The van der Waals surface area contributed by atoms with Crippen molar-refractivity contribution < 1.29 is 19.3 Å². The van der Waals surface area contributed by atoms with Gasteiger partial charge in [-0.1, -0.05) is 11.6 Å². The molecular formula is C14H21IO4. The van der Waals surface area contributed by atoms with Gasteiger partial charge < -0.3 is 19.3 Å². The molecule has 108 valence electrons. The Morgan fingerprint density at radius 1 is 1.26 bits per heavy atom. The molecule has 1 unspecified atom stereocenters. The van der Waals surface area contributed by atoms with E-state index >= 15 is 0 Å². The third-order valence-electron chi connectivity index (χ3n) is 3.18. The van der Waals surface area contributed by atoms with Gasteiger partial charge in [-0.25, -0.2) is 0 Å². The number of aliphatic hydroxyl groups excluding tert-OH is 1. The number of ether oxygens (including phenoxy) is 3. The molecule has 0 saturated heterocycles. The van der Waals surface area contributed by atoms with Crippen molar-refractivity contribution in [3.05, 3.63) is 32.9 Å². The summed E-state index contributed by atoms with van der Waals surface area (Å²) in [6.45, 7) is 2.03. The first kappa shape index (κ1) is 16.8. The number of rotatable bonds is 7. The maximum absolute atomic E-state index is 9.55. The Bertz CT molecular complexity index is 404. The second kappa shape index (κ2) is 7.54. The summed E-state index contributed by atoms with van der Waals surface area (Å²) in [5, 5.41) is 9.55. The summed E-state index contributed by atoms with van der Waals surface area (Å²) in [6, 6.07) is 6.13. The maximum Gasteiger partial charge on any atom is 0.195 e. The summed E-state index contributed by atoms with van der Waals surface area (Å²) in [4.78, 5) is 0. The van der Waals surface area contributed by atoms with Crippen LogP contribution in [0.15, 0.2) is 18.2 Å². The second-order valence-corrected chi connectivity index (χ2v) is 5.54. The molecular weight excluding hydrogens is 359 g/mol. The third kappa shape index (κ3) is 4.13. The summed E-state index contributed by atoms with van der Waals surface area (Å²) in [7, 11) is 4.70. The molecule has 1 N–H and O–H groups in total. The fourth-order valence-electron chi connectivity index (χ4n) is 2.00. The first-order valence-corrected chi connectivity index (χ1v) is 7.14. The number of hydrogen-bond acceptors (Lipinski definition) is 4. The molecule has 0 aliphatic carbocycles. The van der Waals surface area contributed by atoms with Crippen molar-refractivity contribution in [3.63, 3.8) is 0 Å². The van der Waals surface area contributed by atoms with Gasteiger partial charge in [0, 0.05) is 43.3 Å². The van der Waals surface area contributed by atoms with E-state index in [1.165, 1.54) is 7.11 Å². The van der Waals surface area contributed by atoms with Crippen molar-refractivity contribution in [1.29, 1.82) is 0 Å². The molecule has 0 aromatic heterocycles. The fraction of sp³-hybridized carbons (Fsp3) is 0.571. The molecule has 4 nitrogen and oxygen atoms in total. The number of methoxy groups -OCH3 is 3. The minimum Gasteiger partial charge on any atom is -0.368 e. The van der Waals surface area contributed by atoms with Crippen LogP contribution in [0.25, 0.3) is 0 Å². The molecule has 1 atom stereocenters. The van der Waals surface area contributed by atoms with Gasteiger partial charge in [0.1, 0.15) is 0 Å². The highest BCUT2D eigenvalue weighted by molar-refractivity contribution is 14.1. The molecule has 0 fully saturated rings. The summed E-state index contributed by atoms with van der Waals surface area (Å²) >= 11 is 2.26. The molecule has 0 aliphatic rings. The molecule has 0 spiro atoms. The standard InChI is InChI=1S/C14H21IO4/c1-10-5-6-12(15)11(9-10)14(18-3,19-4)8-7-13(16)17-2/h5-6,9,13,16H,7-8H2,1-4H3. The van der Waals surface area contributed by atoms with Gasteiger partial charge in [0.15, 0.2) is 12.1 Å². The molecule has 1 aromatic carbocycles. The highest BCUT2D eigenvalue weighted by Crippen LogP contribution is 2.35. The van der Waals surface area contributed by atoms with E-state index in [0.29, 0.717) is 12.8 Å². The van der Waals surface area contributed by atoms with Gasteiger partial charge in [0.05, 0.1) is 0 Å². The first-order valence-electron chi connectivity index (χ1n) is 6.07. The molecule has 0 heterocycles. The van der Waals surface area contributed by atoms with Crippen molar-refractivity contribution in [1.82, 2.24) is 0 Å². The summed E-state index contributed by atoms with van der Waals surface area (Å²) in [6.07, 6.45) is 0.128. The van der Waals surface area contributed by atoms with Crippen LogP contribution in [0.2, 0.25) is 0 Å². The number of aryl methyl sites for hydroxylation is 1. The second-order valence-electron chi connectivity index (χ2n) is 4.37. The number of benzene rings is 1. The van der Waals surface area contributed by atoms with Crippen LogP contribution in [0, 0.1) is 10.5 Å². The minimum atomic E-state index is -0.859. The van der Waals surface area contributed by atoms with Gasteiger partial charge in [0.25, 0.3) is 0 Å². The molecule has 1 aromatic rings. The van der Waals surface area contributed by atoms with E-state index < -0.39 is 12.1 Å². The van der Waals surface area contributed by atoms with Crippen molar-refractivity contribution in [2.45, 2.75) is 31.8 Å². The highest BCUT2D eigenvalue weighted by atomic mass is 127. The van der Waals surface area contributed by atoms with Crippen LogP contribution in [0.5, 0.6) is 0 Å². The SMILES string of the molecule is COC(O)CCC(OC)(OC)c1cc(C)ccc1I. The van der Waals surface area contributed by atoms with Crippen LogP contribution in [0.3, 0.4) is 0 Å². The van der Waals surface area contributed by atoms with E-state index in [2.05, 4.69) is 22.6 Å². The lowest BCUT2D eigenvalue weighted by Crippen LogP contribution is -2.33. The van der Waals surface area contributed by atoms with Crippen LogP contribution in [0.1, 0.15) is 24.0 Å². The van der Waals surface area contributed by atoms with Gasteiger partial charge in [-0.15, -0.1) is 0 Å². The van der Waals surface area contributed by atoms with Crippen LogP contribution < -0.4 is 0 Å². The molecule has 0 amide bonds. The van der Waals surface area contributed by atoms with Crippen molar-refractivity contribution in [2.75, 3.05) is 21.3 Å². The lowest BCUT2D eigenvalue weighted by atomic mass is 9.98. The van der Waals surface area contributed by atoms with Crippen LogP contribution in [-0.4, -0.2) is 32.7 Å². The molecule has 5 heteroatoms. The first-order chi connectivity index (χ1) is 8.99. The van der Waals surface area contributed by atoms with Crippen LogP contribution in [0.4, 0.5) is 0 Å². The van der Waals surface area contributed by atoms with E-state index in [1.807, 2.05) is 25.1 Å². The molecule has 0 saturated carbocycles. The average molecular weight is 380 g/mol. The monoisotopic (exact) mass is 380 g/mol. The summed E-state index contributed by atoms with van der Waals surface area (Å²) in [5.41, 5.74) is 2.11. The van der Waals surface area contributed by atoms with Gasteiger partial charge in [0.2, 0.25) is 0 Å². The molecule has 0 radical (unpaired) electrons. The molecule has 0 bridgehead atoms. The fourth-order valence-corrected chi connectivity index (χ4v) is 2.75. The Morgan fingerprint density at radius 2 is 1.89 bits per heavy atom. The Kier molecular flexibility index (Phi) is 6.68. The predicted molar refractivity (Wildman–Crippen MR) is 81.8 cm³/mol. The lowest BCUT2D eigenvalue weighted by Gasteiger charge is -2.33. The van der Waals surface area contributed by atoms with Gasteiger partial charge >= 0.3 is 0 Å². The zero-order valence-corrected chi connectivity index (χ0v) is 13.9. The maximum atomic E-state index is 9.55. The molecule has 1 rings (SSSR count). The van der Waals surface area contributed by atoms with Crippen LogP contribution >= 0.6 is 22.6 Å². The topological polar surface area (TPSA) is 47.9 Å². The highest BCUT2D eigenvalue weighted by Gasteiger charge is 2.34. The Balaban J connectivity index is 3.06.